The molecule has 0 atom stereocenters. The van der Waals surface area contributed by atoms with Crippen molar-refractivity contribution in [1.29, 1.82) is 0 Å². The molecular weight excluding hydrogens is 482 g/mol. The van der Waals surface area contributed by atoms with Crippen molar-refractivity contribution >= 4 is 35.0 Å². The molecule has 0 unspecified atom stereocenters. The predicted molar refractivity (Wildman–Crippen MR) is 108 cm³/mol. The summed E-state index contributed by atoms with van der Waals surface area (Å²) in [5.41, 5.74) is -5.23. The monoisotopic (exact) mass is 498 g/mol. The maximum atomic E-state index is 12.7. The zero-order chi connectivity index (χ0) is 24.8. The lowest BCUT2D eigenvalue weighted by Crippen LogP contribution is -2.22. The molecule has 2 rings (SSSR count). The van der Waals surface area contributed by atoms with Crippen LogP contribution in [0.2, 0.25) is 0 Å². The van der Waals surface area contributed by atoms with Crippen LogP contribution in [-0.2, 0) is 21.9 Å². The summed E-state index contributed by atoms with van der Waals surface area (Å²) in [5.74, 6) is -1.18. The quantitative estimate of drug-likeness (QED) is 0.329. The molecule has 4 N–H and O–H groups in total. The van der Waals surface area contributed by atoms with Gasteiger partial charge >= 0.3 is 12.4 Å². The number of nitrogens with one attached hydrogen (secondary N) is 4. The molecule has 0 aliphatic rings. The fraction of sp³-hybridized carbons (Fsp3) is 0.333. The molecule has 2 aromatic rings. The molecule has 2 aromatic heterocycles. The van der Waals surface area contributed by atoms with Gasteiger partial charge in [-0.05, 0) is 12.1 Å². The Balaban J connectivity index is 1.78. The van der Waals surface area contributed by atoms with E-state index in [1.165, 1.54) is 0 Å². The van der Waals surface area contributed by atoms with Crippen LogP contribution in [0.5, 0.6) is 0 Å². The number of pyridine rings is 2. The highest BCUT2D eigenvalue weighted by Crippen LogP contribution is 2.30. The normalized spacial score (nSPS) is 11.8. The van der Waals surface area contributed by atoms with Gasteiger partial charge in [-0.15, -0.1) is 0 Å². The zero-order valence-corrected chi connectivity index (χ0v) is 17.3. The summed E-state index contributed by atoms with van der Waals surface area (Å²) in [7, 11) is 0. The second-order valence-corrected chi connectivity index (χ2v) is 7.69. The van der Waals surface area contributed by atoms with E-state index in [-0.39, 0.29) is 24.3 Å². The van der Waals surface area contributed by atoms with E-state index in [2.05, 4.69) is 10.6 Å². The summed E-state index contributed by atoms with van der Waals surface area (Å²) in [5, 5.41) is 4.15. The molecule has 0 aromatic carbocycles. The number of rotatable bonds is 8. The fourth-order valence-electron chi connectivity index (χ4n) is 2.34. The van der Waals surface area contributed by atoms with E-state index in [0.717, 1.165) is 11.8 Å². The number of hydrogen-bond acceptors (Lipinski definition) is 5. The van der Waals surface area contributed by atoms with Crippen molar-refractivity contribution in [2.24, 2.45) is 0 Å². The Labute approximate surface area is 185 Å². The maximum absolute atomic E-state index is 12.7. The average Bonchev–Trinajstić information content (AvgIpc) is 2.69. The summed E-state index contributed by atoms with van der Waals surface area (Å²) >= 11 is 1.10. The Kier molecular flexibility index (Phi) is 8.35. The number of carbonyl (C=O) groups is 2. The van der Waals surface area contributed by atoms with Gasteiger partial charge in [0.15, 0.2) is 0 Å². The lowest BCUT2D eigenvalue weighted by molar-refractivity contribution is -0.138. The van der Waals surface area contributed by atoms with Crippen LogP contribution in [0.25, 0.3) is 0 Å². The molecule has 2 heterocycles. The number of alkyl halides is 6. The Bertz CT molecular complexity index is 1040. The smallest absolute Gasteiger partial charge is 0.327 e. The molecule has 15 heteroatoms. The molecule has 0 aliphatic carbocycles. The molecule has 0 saturated carbocycles. The van der Waals surface area contributed by atoms with Gasteiger partial charge in [-0.1, -0.05) is 0 Å². The van der Waals surface area contributed by atoms with Gasteiger partial charge in [0, 0.05) is 36.7 Å². The number of halogens is 6. The molecule has 0 bridgehead atoms. The minimum atomic E-state index is -4.71. The van der Waals surface area contributed by atoms with Gasteiger partial charge in [0.25, 0.3) is 11.1 Å². The zero-order valence-electron chi connectivity index (χ0n) is 16.4. The number of H-pyrrole nitrogens is 2. The van der Waals surface area contributed by atoms with Crippen LogP contribution in [-0.4, -0.2) is 33.3 Å². The van der Waals surface area contributed by atoms with E-state index in [1.54, 1.807) is 0 Å². The lowest BCUT2D eigenvalue weighted by atomic mass is 10.2. The molecule has 0 aliphatic heterocycles. The molecule has 33 heavy (non-hydrogen) atoms. The Morgan fingerprint density at radius 2 is 1.12 bits per heavy atom. The number of aromatic amines is 2. The highest BCUT2D eigenvalue weighted by molar-refractivity contribution is 7.99. The van der Waals surface area contributed by atoms with Crippen LogP contribution in [0.1, 0.15) is 24.0 Å². The van der Waals surface area contributed by atoms with Gasteiger partial charge in [-0.2, -0.15) is 38.1 Å². The molecular formula is C18H16F6N4O4S. The Hall–Kier alpha value is -3.23. The highest BCUT2D eigenvalue weighted by Gasteiger charge is 2.32. The molecule has 180 valence electrons. The van der Waals surface area contributed by atoms with E-state index >= 15 is 0 Å². The summed E-state index contributed by atoms with van der Waals surface area (Å²) in [6.07, 6.45) is -8.83. The van der Waals surface area contributed by atoms with Crippen LogP contribution in [0.4, 0.5) is 37.7 Å². The first-order valence-electron chi connectivity index (χ1n) is 9.04. The van der Waals surface area contributed by atoms with E-state index < -0.39 is 57.8 Å². The third kappa shape index (κ3) is 8.00. The van der Waals surface area contributed by atoms with Gasteiger partial charge in [0.2, 0.25) is 11.8 Å². The van der Waals surface area contributed by atoms with E-state index in [0.29, 0.717) is 24.5 Å². The number of thioether (sulfide) groups is 1. The highest BCUT2D eigenvalue weighted by atomic mass is 32.2. The standard InChI is InChI=1S/C18H16F6N4O4S/c19-17(20,21)9-5-11(15(31)25-7-9)27-13(29)1-3-33-4-2-14(30)28-12-6-10(18(22,23)24)8-26-16(12)32/h5-8H,1-4H2,(H,25,31)(H,26,32)(H,27,29)(H,28,30). The second-order valence-electron chi connectivity index (χ2n) is 6.47. The number of anilines is 2. The van der Waals surface area contributed by atoms with Gasteiger partial charge in [-0.3, -0.25) is 19.2 Å². The van der Waals surface area contributed by atoms with Gasteiger partial charge in [-0.25, -0.2) is 0 Å². The van der Waals surface area contributed by atoms with Crippen molar-refractivity contribution in [1.82, 2.24) is 9.97 Å². The molecule has 0 saturated heterocycles. The van der Waals surface area contributed by atoms with Crippen LogP contribution in [0, 0.1) is 0 Å². The Morgan fingerprint density at radius 1 is 0.758 bits per heavy atom. The van der Waals surface area contributed by atoms with Crippen LogP contribution >= 0.6 is 11.8 Å². The molecule has 0 fully saturated rings. The Morgan fingerprint density at radius 3 is 1.45 bits per heavy atom. The van der Waals surface area contributed by atoms with Crippen molar-refractivity contribution in [3.8, 4) is 0 Å². The lowest BCUT2D eigenvalue weighted by Gasteiger charge is -2.09. The predicted octanol–water partition coefficient (Wildman–Crippen LogP) is 3.19. The maximum Gasteiger partial charge on any atom is 0.417 e. The summed E-state index contributed by atoms with van der Waals surface area (Å²) in [6.45, 7) is 0. The van der Waals surface area contributed by atoms with Gasteiger partial charge in [0.05, 0.1) is 11.1 Å². The topological polar surface area (TPSA) is 124 Å². The third-order valence-electron chi connectivity index (χ3n) is 3.96. The third-order valence-corrected chi connectivity index (χ3v) is 4.94. The number of carbonyl (C=O) groups excluding carboxylic acids is 2. The molecule has 0 spiro atoms. The second kappa shape index (κ2) is 10.6. The van der Waals surface area contributed by atoms with E-state index in [1.807, 2.05) is 9.97 Å². The van der Waals surface area contributed by atoms with Gasteiger partial charge in [0.1, 0.15) is 11.4 Å². The SMILES string of the molecule is O=C(CCSCCC(=O)Nc1cc(C(F)(F)F)c[nH]c1=O)Nc1cc(C(F)(F)F)c[nH]c1=O. The van der Waals surface area contributed by atoms with E-state index in [9.17, 15) is 45.5 Å². The molecule has 0 radical (unpaired) electrons. The van der Waals surface area contributed by atoms with E-state index in [4.69, 9.17) is 0 Å². The number of hydrogen-bond donors (Lipinski definition) is 4. The minimum Gasteiger partial charge on any atom is -0.327 e. The first kappa shape index (κ1) is 26.0. The van der Waals surface area contributed by atoms with Crippen LogP contribution in [0.15, 0.2) is 34.1 Å². The van der Waals surface area contributed by atoms with Crippen molar-refractivity contribution in [3.63, 3.8) is 0 Å². The van der Waals surface area contributed by atoms with Crippen molar-refractivity contribution < 1.29 is 35.9 Å². The number of amides is 2. The van der Waals surface area contributed by atoms with Crippen LogP contribution in [0.3, 0.4) is 0 Å². The first-order valence-corrected chi connectivity index (χ1v) is 10.2. The van der Waals surface area contributed by atoms with Crippen molar-refractivity contribution in [3.05, 3.63) is 56.4 Å². The van der Waals surface area contributed by atoms with Crippen molar-refractivity contribution in [2.75, 3.05) is 22.1 Å². The average molecular weight is 498 g/mol. The minimum absolute atomic E-state index is 0.139. The largest absolute Gasteiger partial charge is 0.417 e. The van der Waals surface area contributed by atoms with Crippen LogP contribution < -0.4 is 21.8 Å². The van der Waals surface area contributed by atoms with Crippen molar-refractivity contribution in [2.45, 2.75) is 25.2 Å². The summed E-state index contributed by atoms with van der Waals surface area (Å²) < 4.78 is 76.1. The first-order chi connectivity index (χ1) is 15.3. The summed E-state index contributed by atoms with van der Waals surface area (Å²) in [6, 6.07) is 1.01. The summed E-state index contributed by atoms with van der Waals surface area (Å²) in [4.78, 5) is 50.6. The fourth-order valence-corrected chi connectivity index (χ4v) is 3.20. The van der Waals surface area contributed by atoms with Gasteiger partial charge < -0.3 is 20.6 Å². The number of aromatic nitrogens is 2. The molecule has 2 amide bonds. The molecule has 8 nitrogen and oxygen atoms in total.